The molecule has 1 aromatic heterocycles. The quantitative estimate of drug-likeness (QED) is 0.918. The Morgan fingerprint density at radius 1 is 1.39 bits per heavy atom. The molecule has 0 unspecified atom stereocenters. The smallest absolute Gasteiger partial charge is 0.419 e. The molecule has 0 spiro atoms. The van der Waals surface area contributed by atoms with Crippen molar-refractivity contribution in [3.8, 4) is 5.75 Å². The Morgan fingerprint density at radius 2 is 2.09 bits per heavy atom. The number of nitrogens with zero attached hydrogens (tertiary/aromatic N) is 2. The first-order chi connectivity index (χ1) is 10.8. The zero-order valence-electron chi connectivity index (χ0n) is 12.6. The number of rotatable bonds is 5. The molecule has 2 aromatic rings. The summed E-state index contributed by atoms with van der Waals surface area (Å²) in [5, 5.41) is 6.52. The third-order valence-corrected chi connectivity index (χ3v) is 3.03. The number of amides is 1. The Morgan fingerprint density at radius 3 is 2.70 bits per heavy atom. The minimum absolute atomic E-state index is 0.0842. The van der Waals surface area contributed by atoms with Crippen LogP contribution in [0.4, 0.5) is 13.2 Å². The minimum Gasteiger partial charge on any atom is -0.491 e. The number of alkyl halides is 3. The Bertz CT molecular complexity index is 683. The van der Waals surface area contributed by atoms with E-state index in [4.69, 9.17) is 4.74 Å². The van der Waals surface area contributed by atoms with Crippen molar-refractivity contribution in [2.75, 3.05) is 6.61 Å². The maximum absolute atomic E-state index is 12.8. The molecule has 2 rings (SSSR count). The lowest BCUT2D eigenvalue weighted by molar-refractivity contribution is -0.139. The fraction of sp³-hybridized carbons (Fsp3) is 0.333. The molecule has 0 saturated heterocycles. The summed E-state index contributed by atoms with van der Waals surface area (Å²) in [7, 11) is 1.68. The van der Waals surface area contributed by atoms with E-state index < -0.39 is 17.8 Å². The number of ether oxygens (including phenoxy) is 1. The van der Waals surface area contributed by atoms with Crippen LogP contribution in [-0.2, 0) is 13.2 Å². The molecule has 0 bridgehead atoms. The Balaban J connectivity index is 1.95. The molecule has 1 aromatic carbocycles. The monoisotopic (exact) mass is 327 g/mol. The van der Waals surface area contributed by atoms with Crippen LogP contribution >= 0.6 is 0 Å². The summed E-state index contributed by atoms with van der Waals surface area (Å²) in [5.74, 6) is -0.624. The normalized spacial score (nSPS) is 12.7. The third-order valence-electron chi connectivity index (χ3n) is 3.03. The van der Waals surface area contributed by atoms with E-state index in [9.17, 15) is 18.0 Å². The van der Waals surface area contributed by atoms with Gasteiger partial charge in [0.05, 0.1) is 23.4 Å². The lowest BCUT2D eigenvalue weighted by atomic mass is 10.2. The molecule has 8 heteroatoms. The van der Waals surface area contributed by atoms with Gasteiger partial charge in [0.25, 0.3) is 5.91 Å². The van der Waals surface area contributed by atoms with Gasteiger partial charge in [-0.1, -0.05) is 12.1 Å². The van der Waals surface area contributed by atoms with Crippen LogP contribution in [0.25, 0.3) is 0 Å². The summed E-state index contributed by atoms with van der Waals surface area (Å²) in [6.45, 7) is 1.56. The molecule has 124 valence electrons. The lowest BCUT2D eigenvalue weighted by Crippen LogP contribution is -2.36. The largest absolute Gasteiger partial charge is 0.491 e. The van der Waals surface area contributed by atoms with Crippen LogP contribution in [-0.4, -0.2) is 28.3 Å². The SMILES string of the molecule is C[C@@H](COc1ccccc1C(F)(F)F)NC(=O)c1cnn(C)c1. The van der Waals surface area contributed by atoms with E-state index >= 15 is 0 Å². The summed E-state index contributed by atoms with van der Waals surface area (Å²) < 4.78 is 45.2. The summed E-state index contributed by atoms with van der Waals surface area (Å²) in [4.78, 5) is 11.9. The molecule has 1 atom stereocenters. The van der Waals surface area contributed by atoms with E-state index in [0.29, 0.717) is 5.56 Å². The van der Waals surface area contributed by atoms with E-state index in [-0.39, 0.29) is 18.3 Å². The number of aromatic nitrogens is 2. The van der Waals surface area contributed by atoms with Gasteiger partial charge in [0.15, 0.2) is 0 Å². The molecule has 23 heavy (non-hydrogen) atoms. The highest BCUT2D eigenvalue weighted by Crippen LogP contribution is 2.35. The van der Waals surface area contributed by atoms with Gasteiger partial charge in [0, 0.05) is 13.2 Å². The molecular formula is C15H16F3N3O2. The molecule has 5 nitrogen and oxygen atoms in total. The molecule has 0 radical (unpaired) electrons. The molecule has 1 amide bonds. The van der Waals surface area contributed by atoms with Crippen molar-refractivity contribution in [1.82, 2.24) is 15.1 Å². The topological polar surface area (TPSA) is 56.1 Å². The van der Waals surface area contributed by atoms with Crippen molar-refractivity contribution in [3.63, 3.8) is 0 Å². The first-order valence-electron chi connectivity index (χ1n) is 6.86. The van der Waals surface area contributed by atoms with Gasteiger partial charge in [-0.25, -0.2) is 0 Å². The highest BCUT2D eigenvalue weighted by Gasteiger charge is 2.34. The number of benzene rings is 1. The Hall–Kier alpha value is -2.51. The van der Waals surface area contributed by atoms with Crippen LogP contribution < -0.4 is 10.1 Å². The summed E-state index contributed by atoms with van der Waals surface area (Å²) in [6.07, 6.45) is -1.54. The van der Waals surface area contributed by atoms with Crippen LogP contribution in [0.1, 0.15) is 22.8 Å². The summed E-state index contributed by atoms with van der Waals surface area (Å²) in [6, 6.07) is 4.49. The first kappa shape index (κ1) is 16.9. The van der Waals surface area contributed by atoms with Crippen LogP contribution in [0.2, 0.25) is 0 Å². The summed E-state index contributed by atoms with van der Waals surface area (Å²) in [5.41, 5.74) is -0.471. The molecular weight excluding hydrogens is 311 g/mol. The number of aryl methyl sites for hydroxylation is 1. The zero-order valence-corrected chi connectivity index (χ0v) is 12.6. The Kier molecular flexibility index (Phi) is 4.92. The van der Waals surface area contributed by atoms with Crippen molar-refractivity contribution in [2.24, 2.45) is 7.05 Å². The second kappa shape index (κ2) is 6.72. The van der Waals surface area contributed by atoms with Crippen molar-refractivity contribution >= 4 is 5.91 Å². The predicted molar refractivity (Wildman–Crippen MR) is 77.1 cm³/mol. The number of halogens is 3. The van der Waals surface area contributed by atoms with Crippen molar-refractivity contribution in [1.29, 1.82) is 0 Å². The molecule has 0 aliphatic rings. The molecule has 1 heterocycles. The van der Waals surface area contributed by atoms with Gasteiger partial charge >= 0.3 is 6.18 Å². The highest BCUT2D eigenvalue weighted by molar-refractivity contribution is 5.93. The maximum Gasteiger partial charge on any atom is 0.419 e. The van der Waals surface area contributed by atoms with Gasteiger partial charge in [0.2, 0.25) is 0 Å². The van der Waals surface area contributed by atoms with Crippen LogP contribution in [0, 0.1) is 0 Å². The van der Waals surface area contributed by atoms with Crippen molar-refractivity contribution in [3.05, 3.63) is 47.8 Å². The van der Waals surface area contributed by atoms with E-state index in [1.807, 2.05) is 0 Å². The third kappa shape index (κ3) is 4.48. The maximum atomic E-state index is 12.8. The van der Waals surface area contributed by atoms with Gasteiger partial charge in [-0.15, -0.1) is 0 Å². The van der Waals surface area contributed by atoms with E-state index in [0.717, 1.165) is 6.07 Å². The number of carbonyl (C=O) groups excluding carboxylic acids is 1. The fourth-order valence-electron chi connectivity index (χ4n) is 1.93. The summed E-state index contributed by atoms with van der Waals surface area (Å²) >= 11 is 0. The molecule has 1 N–H and O–H groups in total. The average molecular weight is 327 g/mol. The second-order valence-corrected chi connectivity index (χ2v) is 5.08. The lowest BCUT2D eigenvalue weighted by Gasteiger charge is -2.17. The number of hydrogen-bond donors (Lipinski definition) is 1. The Labute approximate surface area is 131 Å². The van der Waals surface area contributed by atoms with Crippen LogP contribution in [0.5, 0.6) is 5.75 Å². The van der Waals surface area contributed by atoms with Gasteiger partial charge in [-0.05, 0) is 19.1 Å². The van der Waals surface area contributed by atoms with Gasteiger partial charge in [-0.2, -0.15) is 18.3 Å². The van der Waals surface area contributed by atoms with Gasteiger partial charge < -0.3 is 10.1 Å². The highest BCUT2D eigenvalue weighted by atomic mass is 19.4. The fourth-order valence-corrected chi connectivity index (χ4v) is 1.93. The molecule has 0 saturated carbocycles. The average Bonchev–Trinajstić information content (AvgIpc) is 2.91. The number of hydrogen-bond acceptors (Lipinski definition) is 3. The molecule has 0 fully saturated rings. The van der Waals surface area contributed by atoms with Crippen LogP contribution in [0.3, 0.4) is 0 Å². The molecule has 0 aliphatic heterocycles. The standard InChI is InChI=1S/C15H16F3N3O2/c1-10(20-14(22)11-7-19-21(2)8-11)9-23-13-6-4-3-5-12(13)15(16,17)18/h3-8,10H,9H2,1-2H3,(H,20,22)/t10-/m0/s1. The number of carbonyl (C=O) groups is 1. The predicted octanol–water partition coefficient (Wildman–Crippen LogP) is 2.64. The number of nitrogens with one attached hydrogen (secondary N) is 1. The van der Waals surface area contributed by atoms with E-state index in [1.165, 1.54) is 29.1 Å². The van der Waals surface area contributed by atoms with Gasteiger partial charge in [-0.3, -0.25) is 9.48 Å². The van der Waals surface area contributed by atoms with Crippen molar-refractivity contribution in [2.45, 2.75) is 19.1 Å². The molecule has 0 aliphatic carbocycles. The van der Waals surface area contributed by atoms with E-state index in [2.05, 4.69) is 10.4 Å². The number of para-hydroxylation sites is 1. The first-order valence-corrected chi connectivity index (χ1v) is 6.86. The van der Waals surface area contributed by atoms with E-state index in [1.54, 1.807) is 20.2 Å². The van der Waals surface area contributed by atoms with Crippen LogP contribution in [0.15, 0.2) is 36.7 Å². The van der Waals surface area contributed by atoms with Crippen molar-refractivity contribution < 1.29 is 22.7 Å². The minimum atomic E-state index is -4.49. The van der Waals surface area contributed by atoms with Gasteiger partial charge in [0.1, 0.15) is 12.4 Å². The zero-order chi connectivity index (χ0) is 17.0. The second-order valence-electron chi connectivity index (χ2n) is 5.08.